The summed E-state index contributed by atoms with van der Waals surface area (Å²) >= 11 is 0. The lowest BCUT2D eigenvalue weighted by Gasteiger charge is -2.14. The van der Waals surface area contributed by atoms with Gasteiger partial charge in [0.05, 0.1) is 19.2 Å². The van der Waals surface area contributed by atoms with Crippen LogP contribution in [0, 0.1) is 0 Å². The summed E-state index contributed by atoms with van der Waals surface area (Å²) in [5.41, 5.74) is 1.45. The van der Waals surface area contributed by atoms with E-state index < -0.39 is 0 Å². The minimum Gasteiger partial charge on any atom is -0.489 e. The van der Waals surface area contributed by atoms with E-state index in [1.54, 1.807) is 0 Å². The number of benzene rings is 2. The topological polar surface area (TPSA) is 60.5 Å². The van der Waals surface area contributed by atoms with Gasteiger partial charge in [0.1, 0.15) is 12.4 Å². The van der Waals surface area contributed by atoms with Crippen molar-refractivity contribution in [3.05, 3.63) is 64.4 Å². The molecule has 1 heterocycles. The minimum absolute atomic E-state index is 0.209. The molecule has 0 radical (unpaired) electrons. The van der Waals surface area contributed by atoms with E-state index in [4.69, 9.17) is 14.2 Å². The van der Waals surface area contributed by atoms with Crippen LogP contribution < -0.4 is 19.8 Å². The van der Waals surface area contributed by atoms with Crippen LogP contribution in [0.2, 0.25) is 0 Å². The van der Waals surface area contributed by atoms with Gasteiger partial charge in [-0.2, -0.15) is 0 Å². The van der Waals surface area contributed by atoms with E-state index in [1.165, 1.54) is 20.0 Å². The van der Waals surface area contributed by atoms with Gasteiger partial charge in [0.2, 0.25) is 5.75 Å². The third kappa shape index (κ3) is 4.85. The molecular formula is C23H27NO4. The molecule has 0 atom stereocenters. The SMILES string of the molecule is CCCCCCOc1c(OC)c(=O)[nH]c2cc(OCc3ccccc3)ccc12. The highest BCUT2D eigenvalue weighted by Crippen LogP contribution is 2.33. The molecule has 1 N–H and O–H groups in total. The summed E-state index contributed by atoms with van der Waals surface area (Å²) < 4.78 is 17.1. The second kappa shape index (κ2) is 9.83. The maximum atomic E-state index is 12.4. The van der Waals surface area contributed by atoms with Crippen molar-refractivity contribution in [1.29, 1.82) is 0 Å². The summed E-state index contributed by atoms with van der Waals surface area (Å²) in [5.74, 6) is 1.39. The number of H-pyrrole nitrogens is 1. The Bertz CT molecular complexity index is 950. The number of ether oxygens (including phenoxy) is 3. The first-order valence-electron chi connectivity index (χ1n) is 9.76. The normalized spacial score (nSPS) is 10.8. The number of rotatable bonds is 10. The minimum atomic E-state index is -0.307. The van der Waals surface area contributed by atoms with E-state index in [2.05, 4.69) is 11.9 Å². The van der Waals surface area contributed by atoms with Crippen LogP contribution in [-0.2, 0) is 6.61 Å². The lowest BCUT2D eigenvalue weighted by Crippen LogP contribution is -2.12. The Hall–Kier alpha value is -2.95. The van der Waals surface area contributed by atoms with Crippen LogP contribution >= 0.6 is 0 Å². The van der Waals surface area contributed by atoms with Gasteiger partial charge in [-0.15, -0.1) is 0 Å². The molecule has 0 saturated carbocycles. The largest absolute Gasteiger partial charge is 0.489 e. The number of aromatic amines is 1. The van der Waals surface area contributed by atoms with Crippen LogP contribution in [0.3, 0.4) is 0 Å². The molecule has 0 aliphatic heterocycles. The molecule has 2 aromatic carbocycles. The molecule has 3 rings (SSSR count). The van der Waals surface area contributed by atoms with Gasteiger partial charge in [-0.05, 0) is 24.1 Å². The Kier molecular flexibility index (Phi) is 6.95. The van der Waals surface area contributed by atoms with E-state index in [9.17, 15) is 4.79 Å². The number of methoxy groups -OCH3 is 1. The summed E-state index contributed by atoms with van der Waals surface area (Å²) in [6.45, 7) is 3.19. The van der Waals surface area contributed by atoms with Gasteiger partial charge in [0.25, 0.3) is 5.56 Å². The predicted octanol–water partition coefficient (Wildman–Crippen LogP) is 5.07. The van der Waals surface area contributed by atoms with E-state index >= 15 is 0 Å². The van der Waals surface area contributed by atoms with E-state index in [0.717, 1.165) is 23.8 Å². The molecule has 28 heavy (non-hydrogen) atoms. The molecule has 148 valence electrons. The van der Waals surface area contributed by atoms with Crippen molar-refractivity contribution in [3.8, 4) is 17.2 Å². The zero-order chi connectivity index (χ0) is 19.8. The quantitative estimate of drug-likeness (QED) is 0.498. The Morgan fingerprint density at radius 1 is 0.929 bits per heavy atom. The molecule has 0 amide bonds. The van der Waals surface area contributed by atoms with Crippen LogP contribution in [0.25, 0.3) is 10.9 Å². The predicted molar refractivity (Wildman–Crippen MR) is 112 cm³/mol. The third-order valence-corrected chi connectivity index (χ3v) is 4.59. The van der Waals surface area contributed by atoms with Crippen LogP contribution in [0.1, 0.15) is 38.2 Å². The summed E-state index contributed by atoms with van der Waals surface area (Å²) in [4.78, 5) is 15.3. The number of hydrogen-bond donors (Lipinski definition) is 1. The Morgan fingerprint density at radius 2 is 1.75 bits per heavy atom. The van der Waals surface area contributed by atoms with Crippen molar-refractivity contribution in [2.75, 3.05) is 13.7 Å². The van der Waals surface area contributed by atoms with E-state index in [-0.39, 0.29) is 11.3 Å². The van der Waals surface area contributed by atoms with Gasteiger partial charge in [-0.1, -0.05) is 56.5 Å². The molecule has 5 nitrogen and oxygen atoms in total. The van der Waals surface area contributed by atoms with Gasteiger partial charge in [0.15, 0.2) is 5.75 Å². The lowest BCUT2D eigenvalue weighted by molar-refractivity contribution is 0.286. The number of aromatic nitrogens is 1. The Balaban J connectivity index is 1.81. The zero-order valence-electron chi connectivity index (χ0n) is 16.5. The van der Waals surface area contributed by atoms with Gasteiger partial charge in [0, 0.05) is 11.5 Å². The fourth-order valence-corrected chi connectivity index (χ4v) is 3.09. The standard InChI is InChI=1S/C23H27NO4/c1-3-4-5-9-14-27-21-19-13-12-18(28-16-17-10-7-6-8-11-17)15-20(19)24-23(25)22(21)26-2/h6-8,10-13,15H,3-5,9,14,16H2,1-2H3,(H,24,25). The summed E-state index contributed by atoms with van der Waals surface area (Å²) in [6, 6.07) is 15.6. The smallest absolute Gasteiger partial charge is 0.294 e. The molecule has 0 spiro atoms. The van der Waals surface area contributed by atoms with Crippen molar-refractivity contribution in [2.24, 2.45) is 0 Å². The molecule has 0 aliphatic carbocycles. The first kappa shape index (κ1) is 19.8. The highest BCUT2D eigenvalue weighted by atomic mass is 16.5. The maximum absolute atomic E-state index is 12.4. The monoisotopic (exact) mass is 381 g/mol. The molecule has 0 bridgehead atoms. The Morgan fingerprint density at radius 3 is 2.50 bits per heavy atom. The van der Waals surface area contributed by atoms with Gasteiger partial charge < -0.3 is 19.2 Å². The van der Waals surface area contributed by atoms with Gasteiger partial charge >= 0.3 is 0 Å². The average molecular weight is 381 g/mol. The second-order valence-electron chi connectivity index (χ2n) is 6.71. The number of hydrogen-bond acceptors (Lipinski definition) is 4. The highest BCUT2D eigenvalue weighted by molar-refractivity contribution is 5.88. The van der Waals surface area contributed by atoms with Crippen LogP contribution in [-0.4, -0.2) is 18.7 Å². The fourth-order valence-electron chi connectivity index (χ4n) is 3.09. The molecule has 3 aromatic rings. The number of pyridine rings is 1. The molecular weight excluding hydrogens is 354 g/mol. The third-order valence-electron chi connectivity index (χ3n) is 4.59. The zero-order valence-corrected chi connectivity index (χ0v) is 16.5. The van der Waals surface area contributed by atoms with Crippen molar-refractivity contribution in [3.63, 3.8) is 0 Å². The first-order valence-corrected chi connectivity index (χ1v) is 9.76. The van der Waals surface area contributed by atoms with E-state index in [0.29, 0.717) is 30.2 Å². The highest BCUT2D eigenvalue weighted by Gasteiger charge is 2.15. The second-order valence-corrected chi connectivity index (χ2v) is 6.71. The van der Waals surface area contributed by atoms with Crippen molar-refractivity contribution in [2.45, 2.75) is 39.2 Å². The molecule has 5 heteroatoms. The van der Waals surface area contributed by atoms with Crippen molar-refractivity contribution >= 4 is 10.9 Å². The average Bonchev–Trinajstić information content (AvgIpc) is 2.72. The number of fused-ring (bicyclic) bond motifs is 1. The van der Waals surface area contributed by atoms with E-state index in [1.807, 2.05) is 48.5 Å². The number of nitrogens with one attached hydrogen (secondary N) is 1. The summed E-state index contributed by atoms with van der Waals surface area (Å²) in [6.07, 6.45) is 4.41. The number of unbranched alkanes of at least 4 members (excludes halogenated alkanes) is 3. The fraction of sp³-hybridized carbons (Fsp3) is 0.348. The Labute approximate surface area is 165 Å². The van der Waals surface area contributed by atoms with Gasteiger partial charge in [-0.25, -0.2) is 0 Å². The molecule has 1 aromatic heterocycles. The first-order chi connectivity index (χ1) is 13.7. The maximum Gasteiger partial charge on any atom is 0.294 e. The van der Waals surface area contributed by atoms with Crippen LogP contribution in [0.5, 0.6) is 17.2 Å². The van der Waals surface area contributed by atoms with Crippen LogP contribution in [0.15, 0.2) is 53.3 Å². The van der Waals surface area contributed by atoms with Crippen molar-refractivity contribution in [1.82, 2.24) is 4.98 Å². The summed E-state index contributed by atoms with van der Waals surface area (Å²) in [5, 5.41) is 0.805. The van der Waals surface area contributed by atoms with Gasteiger partial charge in [-0.3, -0.25) is 4.79 Å². The van der Waals surface area contributed by atoms with Crippen molar-refractivity contribution < 1.29 is 14.2 Å². The van der Waals surface area contributed by atoms with Crippen LogP contribution in [0.4, 0.5) is 0 Å². The molecule has 0 aliphatic rings. The molecule has 0 unspecified atom stereocenters. The lowest BCUT2D eigenvalue weighted by atomic mass is 10.1. The summed E-state index contributed by atoms with van der Waals surface area (Å²) in [7, 11) is 1.48. The molecule has 0 saturated heterocycles. The molecule has 0 fully saturated rings.